The number of hydrogen-bond donors (Lipinski definition) is 0. The zero-order valence-electron chi connectivity index (χ0n) is 19.8. The number of morpholine rings is 2. The lowest BCUT2D eigenvalue weighted by Crippen LogP contribution is -2.52. The lowest BCUT2D eigenvalue weighted by molar-refractivity contribution is -0.141. The molecule has 0 spiro atoms. The van der Waals surface area contributed by atoms with Crippen molar-refractivity contribution in [2.24, 2.45) is 0 Å². The summed E-state index contributed by atoms with van der Waals surface area (Å²) in [6.45, 7) is 6.21. The normalized spacial score (nSPS) is 18.8. The van der Waals surface area contributed by atoms with Crippen LogP contribution < -0.4 is 4.74 Å². The van der Waals surface area contributed by atoms with E-state index in [2.05, 4.69) is 4.90 Å². The molecule has 2 aliphatic rings. The summed E-state index contributed by atoms with van der Waals surface area (Å²) in [6.07, 6.45) is -0.263. The number of nitrogens with zero attached hydrogens (tertiary/aromatic N) is 3. The summed E-state index contributed by atoms with van der Waals surface area (Å²) in [5.74, 6) is 0.454. The standard InChI is InChI=1S/C26H32ClN3O5/c27-22-6-8-23(9-7-22)35-20-25(31)29-14-17-34-24(18-29)19-30(11-10-28-12-15-33-16-13-28)26(32)21-4-2-1-3-5-21/h1-9,24H,10-20H2/t24-/m0/s1. The minimum absolute atomic E-state index is 0.0306. The zero-order valence-corrected chi connectivity index (χ0v) is 20.6. The monoisotopic (exact) mass is 501 g/mol. The van der Waals surface area contributed by atoms with Crippen molar-refractivity contribution in [3.05, 3.63) is 65.2 Å². The highest BCUT2D eigenvalue weighted by Gasteiger charge is 2.28. The van der Waals surface area contributed by atoms with Crippen molar-refractivity contribution in [3.63, 3.8) is 0 Å². The Morgan fingerprint density at radius 3 is 2.49 bits per heavy atom. The molecule has 1 atom stereocenters. The van der Waals surface area contributed by atoms with Gasteiger partial charge in [0, 0.05) is 56.4 Å². The number of carbonyl (C=O) groups is 2. The van der Waals surface area contributed by atoms with Crippen LogP contribution >= 0.6 is 11.6 Å². The van der Waals surface area contributed by atoms with Gasteiger partial charge in [0.2, 0.25) is 0 Å². The molecule has 8 nitrogen and oxygen atoms in total. The van der Waals surface area contributed by atoms with E-state index in [9.17, 15) is 9.59 Å². The molecule has 4 rings (SSSR count). The van der Waals surface area contributed by atoms with Crippen LogP contribution in [0.1, 0.15) is 10.4 Å². The van der Waals surface area contributed by atoms with E-state index >= 15 is 0 Å². The summed E-state index contributed by atoms with van der Waals surface area (Å²) >= 11 is 5.90. The minimum Gasteiger partial charge on any atom is -0.484 e. The summed E-state index contributed by atoms with van der Waals surface area (Å²) in [5.41, 5.74) is 0.648. The van der Waals surface area contributed by atoms with Gasteiger partial charge in [-0.1, -0.05) is 29.8 Å². The number of carbonyl (C=O) groups excluding carboxylic acids is 2. The molecule has 0 radical (unpaired) electrons. The second-order valence-electron chi connectivity index (χ2n) is 8.65. The van der Waals surface area contributed by atoms with Crippen molar-refractivity contribution in [2.45, 2.75) is 6.10 Å². The van der Waals surface area contributed by atoms with Crippen LogP contribution in [0, 0.1) is 0 Å². The highest BCUT2D eigenvalue weighted by Crippen LogP contribution is 2.16. The van der Waals surface area contributed by atoms with Gasteiger partial charge in [-0.2, -0.15) is 0 Å². The Balaban J connectivity index is 1.34. The average Bonchev–Trinajstić information content (AvgIpc) is 2.91. The SMILES string of the molecule is O=C(COc1ccc(Cl)cc1)N1CCO[C@H](CN(CCN2CCOCC2)C(=O)c2ccccc2)C1. The summed E-state index contributed by atoms with van der Waals surface area (Å²) in [6, 6.07) is 16.2. The molecule has 2 fully saturated rings. The highest BCUT2D eigenvalue weighted by atomic mass is 35.5. The predicted molar refractivity (Wildman–Crippen MR) is 133 cm³/mol. The molecule has 2 saturated heterocycles. The number of rotatable bonds is 9. The fourth-order valence-corrected chi connectivity index (χ4v) is 4.32. The first-order valence-electron chi connectivity index (χ1n) is 12.0. The van der Waals surface area contributed by atoms with Crippen LogP contribution in [-0.4, -0.2) is 105 Å². The van der Waals surface area contributed by atoms with Crippen molar-refractivity contribution in [1.29, 1.82) is 0 Å². The van der Waals surface area contributed by atoms with Gasteiger partial charge >= 0.3 is 0 Å². The molecule has 2 aliphatic heterocycles. The first-order chi connectivity index (χ1) is 17.1. The lowest BCUT2D eigenvalue weighted by atomic mass is 10.1. The quantitative estimate of drug-likeness (QED) is 0.525. The van der Waals surface area contributed by atoms with Crippen LogP contribution in [0.5, 0.6) is 5.75 Å². The first-order valence-corrected chi connectivity index (χ1v) is 12.4. The van der Waals surface area contributed by atoms with E-state index in [-0.39, 0.29) is 24.5 Å². The molecule has 2 amide bonds. The maximum atomic E-state index is 13.3. The van der Waals surface area contributed by atoms with Gasteiger partial charge in [0.25, 0.3) is 11.8 Å². The van der Waals surface area contributed by atoms with Gasteiger partial charge in [0.1, 0.15) is 5.75 Å². The molecule has 188 valence electrons. The molecule has 0 aliphatic carbocycles. The third-order valence-corrected chi connectivity index (χ3v) is 6.44. The molecular weight excluding hydrogens is 470 g/mol. The van der Waals surface area contributed by atoms with Crippen molar-refractivity contribution < 1.29 is 23.8 Å². The van der Waals surface area contributed by atoms with Crippen LogP contribution in [0.2, 0.25) is 5.02 Å². The number of halogens is 1. The molecule has 0 aromatic heterocycles. The molecule has 0 bridgehead atoms. The summed E-state index contributed by atoms with van der Waals surface area (Å²) in [7, 11) is 0. The van der Waals surface area contributed by atoms with Gasteiger partial charge in [-0.15, -0.1) is 0 Å². The van der Waals surface area contributed by atoms with E-state index < -0.39 is 0 Å². The Labute approximate surface area is 211 Å². The van der Waals surface area contributed by atoms with E-state index in [0.29, 0.717) is 62.3 Å². The number of hydrogen-bond acceptors (Lipinski definition) is 6. The van der Waals surface area contributed by atoms with Crippen LogP contribution in [0.25, 0.3) is 0 Å². The van der Waals surface area contributed by atoms with Crippen molar-refractivity contribution in [2.75, 3.05) is 72.2 Å². The van der Waals surface area contributed by atoms with Gasteiger partial charge < -0.3 is 24.0 Å². The summed E-state index contributed by atoms with van der Waals surface area (Å²) in [5, 5.41) is 0.614. The highest BCUT2D eigenvalue weighted by molar-refractivity contribution is 6.30. The van der Waals surface area contributed by atoms with Crippen molar-refractivity contribution >= 4 is 23.4 Å². The average molecular weight is 502 g/mol. The first kappa shape index (κ1) is 25.4. The van der Waals surface area contributed by atoms with Crippen LogP contribution in [0.4, 0.5) is 0 Å². The molecule has 2 aromatic rings. The van der Waals surface area contributed by atoms with E-state index in [1.54, 1.807) is 29.2 Å². The summed E-state index contributed by atoms with van der Waals surface area (Å²) < 4.78 is 17.0. The molecule has 0 unspecified atom stereocenters. The molecule has 9 heteroatoms. The Kier molecular flexibility index (Phi) is 9.36. The van der Waals surface area contributed by atoms with E-state index in [1.807, 2.05) is 35.2 Å². The number of amides is 2. The molecule has 0 N–H and O–H groups in total. The van der Waals surface area contributed by atoms with Gasteiger partial charge in [-0.3, -0.25) is 14.5 Å². The topological polar surface area (TPSA) is 71.6 Å². The largest absolute Gasteiger partial charge is 0.484 e. The third-order valence-electron chi connectivity index (χ3n) is 6.19. The van der Waals surface area contributed by atoms with Gasteiger partial charge in [0.15, 0.2) is 6.61 Å². The fourth-order valence-electron chi connectivity index (χ4n) is 4.20. The molecule has 35 heavy (non-hydrogen) atoms. The maximum Gasteiger partial charge on any atom is 0.260 e. The second kappa shape index (κ2) is 12.9. The zero-order chi connectivity index (χ0) is 24.5. The lowest BCUT2D eigenvalue weighted by Gasteiger charge is -2.36. The maximum absolute atomic E-state index is 13.3. The van der Waals surface area contributed by atoms with E-state index in [1.165, 1.54) is 0 Å². The minimum atomic E-state index is -0.263. The van der Waals surface area contributed by atoms with Crippen LogP contribution in [0.3, 0.4) is 0 Å². The van der Waals surface area contributed by atoms with Gasteiger partial charge in [-0.05, 0) is 36.4 Å². The molecule has 0 saturated carbocycles. The van der Waals surface area contributed by atoms with E-state index in [0.717, 1.165) is 19.6 Å². The van der Waals surface area contributed by atoms with Gasteiger partial charge in [0.05, 0.1) is 25.9 Å². The Morgan fingerprint density at radius 2 is 1.74 bits per heavy atom. The Hall–Kier alpha value is -2.65. The van der Waals surface area contributed by atoms with Crippen molar-refractivity contribution in [1.82, 2.24) is 14.7 Å². The van der Waals surface area contributed by atoms with Gasteiger partial charge in [-0.25, -0.2) is 0 Å². The molecule has 2 aromatic carbocycles. The molecular formula is C26H32ClN3O5. The molecule has 2 heterocycles. The fraction of sp³-hybridized carbons (Fsp3) is 0.462. The Morgan fingerprint density at radius 1 is 1.00 bits per heavy atom. The predicted octanol–water partition coefficient (Wildman–Crippen LogP) is 2.42. The number of ether oxygens (including phenoxy) is 3. The van der Waals surface area contributed by atoms with Crippen LogP contribution in [0.15, 0.2) is 54.6 Å². The van der Waals surface area contributed by atoms with Crippen molar-refractivity contribution in [3.8, 4) is 5.75 Å². The Bertz CT molecular complexity index is 953. The third kappa shape index (κ3) is 7.67. The number of benzene rings is 2. The summed E-state index contributed by atoms with van der Waals surface area (Å²) in [4.78, 5) is 32.0. The van der Waals surface area contributed by atoms with E-state index in [4.69, 9.17) is 25.8 Å². The smallest absolute Gasteiger partial charge is 0.260 e. The second-order valence-corrected chi connectivity index (χ2v) is 9.08. The van der Waals surface area contributed by atoms with Crippen LogP contribution in [-0.2, 0) is 14.3 Å².